The highest BCUT2D eigenvalue weighted by Crippen LogP contribution is 2.56. The normalized spacial score (nSPS) is 27.0. The Morgan fingerprint density at radius 2 is 1.92 bits per heavy atom. The number of aliphatic hydroxyl groups excluding tert-OH is 2. The van der Waals surface area contributed by atoms with E-state index >= 15 is 0 Å². The number of rotatable bonds is 8. The molecule has 2 heterocycles. The average molecular weight is 591 g/mol. The van der Waals surface area contributed by atoms with Crippen molar-refractivity contribution in [1.29, 1.82) is 0 Å². The van der Waals surface area contributed by atoms with E-state index < -0.39 is 51.7 Å². The molecule has 38 heavy (non-hydrogen) atoms. The topological polar surface area (TPSA) is 187 Å². The molecule has 0 aliphatic heterocycles. The Morgan fingerprint density at radius 3 is 2.66 bits per heavy atom. The Kier molecular flexibility index (Phi) is 7.45. The van der Waals surface area contributed by atoms with Crippen molar-refractivity contribution < 1.29 is 42.9 Å². The van der Waals surface area contributed by atoms with E-state index in [0.717, 1.165) is 24.0 Å². The minimum atomic E-state index is -4.80. The molecule has 12 nitrogen and oxygen atoms in total. The lowest BCUT2D eigenvalue weighted by molar-refractivity contribution is 0.00366. The van der Waals surface area contributed by atoms with Crippen molar-refractivity contribution in [3.8, 4) is 0 Å². The van der Waals surface area contributed by atoms with Crippen molar-refractivity contribution >= 4 is 38.1 Å². The summed E-state index contributed by atoms with van der Waals surface area (Å²) in [7, 11) is -9.42. The second-order valence-corrected chi connectivity index (χ2v) is 14.0. The summed E-state index contributed by atoms with van der Waals surface area (Å²) in [6.45, 7) is -0.494. The van der Waals surface area contributed by atoms with Crippen LogP contribution in [0.4, 0.5) is 10.2 Å². The molecule has 1 fully saturated rings. The molecule has 6 atom stereocenters. The van der Waals surface area contributed by atoms with Crippen LogP contribution < -0.4 is 5.32 Å². The summed E-state index contributed by atoms with van der Waals surface area (Å²) >= 11 is 6.22. The maximum atomic E-state index is 13.9. The zero-order valence-electron chi connectivity index (χ0n) is 19.8. The molecule has 2 aliphatic rings. The van der Waals surface area contributed by atoms with Gasteiger partial charge in [0.25, 0.3) is 0 Å². The predicted molar refractivity (Wildman–Crippen MR) is 135 cm³/mol. The molecular weight excluding hydrogens is 565 g/mol. The van der Waals surface area contributed by atoms with Gasteiger partial charge in [0.15, 0.2) is 11.7 Å². The van der Waals surface area contributed by atoms with Gasteiger partial charge < -0.3 is 34.7 Å². The fraction of sp³-hybridized carbons (Fsp3) is 0.455. The summed E-state index contributed by atoms with van der Waals surface area (Å²) in [4.78, 5) is 32.0. The van der Waals surface area contributed by atoms with Gasteiger partial charge in [0.2, 0.25) is 5.28 Å². The Hall–Kier alpha value is -1.92. The second kappa shape index (κ2) is 10.2. The number of anilines is 1. The highest BCUT2D eigenvalue weighted by Gasteiger charge is 2.45. The highest BCUT2D eigenvalue weighted by atomic mass is 35.5. The second-order valence-electron chi connectivity index (χ2n) is 9.69. The van der Waals surface area contributed by atoms with E-state index in [0.29, 0.717) is 17.0 Å². The average Bonchev–Trinajstić information content (AvgIpc) is 3.48. The monoisotopic (exact) mass is 590 g/mol. The van der Waals surface area contributed by atoms with Crippen LogP contribution in [-0.2, 0) is 20.1 Å². The third-order valence-corrected chi connectivity index (χ3v) is 10.7. The Labute approximate surface area is 221 Å². The minimum Gasteiger partial charge on any atom is -0.390 e. The van der Waals surface area contributed by atoms with Crippen molar-refractivity contribution in [2.75, 3.05) is 17.8 Å². The van der Waals surface area contributed by atoms with Crippen molar-refractivity contribution in [2.45, 2.75) is 43.4 Å². The van der Waals surface area contributed by atoms with Crippen molar-refractivity contribution in [3.05, 3.63) is 58.3 Å². The molecule has 5 rings (SSSR count). The highest BCUT2D eigenvalue weighted by molar-refractivity contribution is 7.70. The van der Waals surface area contributed by atoms with Gasteiger partial charge in [-0.15, -0.1) is 5.10 Å². The molecule has 6 N–H and O–H groups in total. The number of benzene rings is 1. The molecule has 206 valence electrons. The summed E-state index contributed by atoms with van der Waals surface area (Å²) in [5.41, 5.74) is 2.92. The molecular formula is C22H26ClFN4O8P2. The smallest absolute Gasteiger partial charge is 0.340 e. The molecule has 2 aliphatic carbocycles. The first-order chi connectivity index (χ1) is 17.8. The number of aryl methyl sites for hydroxylation is 1. The van der Waals surface area contributed by atoms with Crippen molar-refractivity contribution in [2.24, 2.45) is 5.92 Å². The lowest BCUT2D eigenvalue weighted by atomic mass is 10.0. The molecule has 3 aromatic rings. The number of halogens is 2. The molecule has 2 aromatic heterocycles. The van der Waals surface area contributed by atoms with Gasteiger partial charge in [0.05, 0.1) is 24.9 Å². The van der Waals surface area contributed by atoms with Gasteiger partial charge in [-0.3, -0.25) is 9.13 Å². The molecule has 1 unspecified atom stereocenters. The Balaban J connectivity index is 1.37. The van der Waals surface area contributed by atoms with E-state index in [9.17, 15) is 28.6 Å². The van der Waals surface area contributed by atoms with Crippen LogP contribution in [0.5, 0.6) is 0 Å². The quantitative estimate of drug-likeness (QED) is 0.212. The van der Waals surface area contributed by atoms with Gasteiger partial charge in [0, 0.05) is 17.5 Å². The Bertz CT molecular complexity index is 1470. The fourth-order valence-electron chi connectivity index (χ4n) is 5.33. The molecule has 16 heteroatoms. The standard InChI is InChI=1S/C22H26ClFN4O8P2/c23-22-26-21(25-16-4-2-11-1-3-13(24)8-14(11)16)18-6-5-17(28(18)27-22)15-7-12(19(29)20(15)30)9-36-38(34,35)10-37(31,32)33/h1,3,5-6,8,12,15-16,19-20,29-30H,2,4,7,9-10H2,(H,34,35)(H,25,26,27)(H2,31,32,33)/t12-,15+,16-,19-,20+/m1/s1. The largest absolute Gasteiger partial charge is 0.390 e. The van der Waals surface area contributed by atoms with Crippen LogP contribution in [0, 0.1) is 11.7 Å². The molecule has 0 amide bonds. The van der Waals surface area contributed by atoms with Crippen molar-refractivity contribution in [3.63, 3.8) is 0 Å². The van der Waals surface area contributed by atoms with E-state index in [1.165, 1.54) is 16.6 Å². The first kappa shape index (κ1) is 27.6. The summed E-state index contributed by atoms with van der Waals surface area (Å²) < 4.78 is 43.3. The van der Waals surface area contributed by atoms with Gasteiger partial charge in [0.1, 0.15) is 11.3 Å². The summed E-state index contributed by atoms with van der Waals surface area (Å²) in [5.74, 6) is -2.73. The summed E-state index contributed by atoms with van der Waals surface area (Å²) in [6, 6.07) is 7.91. The molecule has 0 spiro atoms. The fourth-order valence-corrected chi connectivity index (χ4v) is 8.11. The number of nitrogens with zero attached hydrogens (tertiary/aromatic N) is 3. The SMILES string of the molecule is O=P(O)(O)CP(=O)(O)OC[C@H]1C[C@@H](c2ccc3c(N[C@@H]4CCc5ccc(F)cc54)nc(Cl)nn23)[C@H](O)[C@@H]1O. The van der Waals surface area contributed by atoms with Crippen molar-refractivity contribution in [1.82, 2.24) is 14.6 Å². The van der Waals surface area contributed by atoms with Gasteiger partial charge in [-0.05, 0) is 66.3 Å². The summed E-state index contributed by atoms with van der Waals surface area (Å²) in [6.07, 6.45) is -0.980. The maximum absolute atomic E-state index is 13.9. The third-order valence-electron chi connectivity index (χ3n) is 7.05. The Morgan fingerprint density at radius 1 is 1.16 bits per heavy atom. The predicted octanol–water partition coefficient (Wildman–Crippen LogP) is 2.78. The molecule has 0 bridgehead atoms. The minimum absolute atomic E-state index is 0.0820. The van der Waals surface area contributed by atoms with Crippen LogP contribution in [0.1, 0.15) is 41.6 Å². The van der Waals surface area contributed by atoms with Crippen LogP contribution in [0.2, 0.25) is 5.28 Å². The van der Waals surface area contributed by atoms with Crippen LogP contribution in [0.3, 0.4) is 0 Å². The zero-order valence-corrected chi connectivity index (χ0v) is 22.3. The molecule has 0 saturated heterocycles. The number of nitrogens with one attached hydrogen (secondary N) is 1. The van der Waals surface area contributed by atoms with Gasteiger partial charge in [-0.2, -0.15) is 4.98 Å². The van der Waals surface area contributed by atoms with E-state index in [4.69, 9.17) is 25.9 Å². The van der Waals surface area contributed by atoms with Crippen LogP contribution >= 0.6 is 26.8 Å². The first-order valence-electron chi connectivity index (χ1n) is 11.8. The van der Waals surface area contributed by atoms with Gasteiger partial charge in [-0.1, -0.05) is 6.07 Å². The lowest BCUT2D eigenvalue weighted by Crippen LogP contribution is -2.29. The van der Waals surface area contributed by atoms with E-state index in [1.54, 1.807) is 18.2 Å². The maximum Gasteiger partial charge on any atom is 0.340 e. The molecule has 1 saturated carbocycles. The lowest BCUT2D eigenvalue weighted by Gasteiger charge is -2.19. The van der Waals surface area contributed by atoms with Crippen LogP contribution in [0.15, 0.2) is 30.3 Å². The number of aromatic nitrogens is 3. The summed E-state index contributed by atoms with van der Waals surface area (Å²) in [5, 5.41) is 28.8. The first-order valence-corrected chi connectivity index (χ1v) is 15.7. The van der Waals surface area contributed by atoms with E-state index in [-0.39, 0.29) is 23.6 Å². The number of aliphatic hydroxyl groups is 2. The van der Waals surface area contributed by atoms with Gasteiger partial charge >= 0.3 is 15.2 Å². The third kappa shape index (κ3) is 5.67. The molecule has 1 aromatic carbocycles. The number of fused-ring (bicyclic) bond motifs is 2. The molecule has 0 radical (unpaired) electrons. The number of hydrogen-bond donors (Lipinski definition) is 6. The van der Waals surface area contributed by atoms with E-state index in [1.807, 2.05) is 0 Å². The van der Waals surface area contributed by atoms with Crippen LogP contribution in [-0.4, -0.2) is 64.2 Å². The van der Waals surface area contributed by atoms with E-state index in [2.05, 4.69) is 15.4 Å². The number of hydrogen-bond acceptors (Lipinski definition) is 8. The zero-order chi connectivity index (χ0) is 27.4. The van der Waals surface area contributed by atoms with Crippen LogP contribution in [0.25, 0.3) is 5.52 Å². The van der Waals surface area contributed by atoms with Gasteiger partial charge in [-0.25, -0.2) is 8.91 Å².